The normalized spacial score (nSPS) is 29.1. The number of allylic oxidation sites excluding steroid dienone is 11. The Balaban J connectivity index is 1.91. The van der Waals surface area contributed by atoms with Crippen molar-refractivity contribution in [2.24, 2.45) is 5.92 Å². The second-order valence-corrected chi connectivity index (χ2v) is 8.20. The van der Waals surface area contributed by atoms with Crippen LogP contribution in [0.3, 0.4) is 0 Å². The molecule has 0 radical (unpaired) electrons. The van der Waals surface area contributed by atoms with Crippen molar-refractivity contribution in [2.45, 2.75) is 45.1 Å². The Morgan fingerprint density at radius 1 is 0.645 bits per heavy atom. The zero-order chi connectivity index (χ0) is 21.6. The molecular formula is C30H35N. The number of hydrogen-bond acceptors (Lipinski definition) is 1. The molecule has 0 bridgehead atoms. The van der Waals surface area contributed by atoms with E-state index in [9.17, 15) is 0 Å². The quantitative estimate of drug-likeness (QED) is 0.495. The second-order valence-electron chi connectivity index (χ2n) is 8.20. The van der Waals surface area contributed by atoms with Crippen molar-refractivity contribution >= 4 is 5.69 Å². The largest absolute Gasteiger partial charge is 0.382 e. The fourth-order valence-corrected chi connectivity index (χ4v) is 4.10. The molecule has 3 rings (SSSR count). The van der Waals surface area contributed by atoms with E-state index in [0.717, 1.165) is 0 Å². The first-order valence-corrected chi connectivity index (χ1v) is 11.5. The lowest BCUT2D eigenvalue weighted by atomic mass is 9.86. The Labute approximate surface area is 188 Å². The lowest BCUT2D eigenvalue weighted by Gasteiger charge is -2.28. The molecule has 1 aromatic carbocycles. The van der Waals surface area contributed by atoms with Crippen LogP contribution in [0.4, 0.5) is 5.69 Å². The van der Waals surface area contributed by atoms with Gasteiger partial charge in [-0.25, -0.2) is 0 Å². The van der Waals surface area contributed by atoms with Gasteiger partial charge < -0.3 is 5.32 Å². The highest BCUT2D eigenvalue weighted by Crippen LogP contribution is 2.32. The van der Waals surface area contributed by atoms with Crippen molar-refractivity contribution in [1.29, 1.82) is 0 Å². The maximum Gasteiger partial charge on any atom is 0.0342 e. The first kappa shape index (κ1) is 22.6. The summed E-state index contributed by atoms with van der Waals surface area (Å²) in [6.45, 7) is 2.16. The zero-order valence-corrected chi connectivity index (χ0v) is 18.7. The van der Waals surface area contributed by atoms with Crippen molar-refractivity contribution in [3.05, 3.63) is 127 Å². The molecule has 0 spiro atoms. The van der Waals surface area contributed by atoms with E-state index in [4.69, 9.17) is 0 Å². The highest BCUT2D eigenvalue weighted by atomic mass is 14.9. The van der Waals surface area contributed by atoms with Gasteiger partial charge in [-0.05, 0) is 37.5 Å². The fourth-order valence-electron chi connectivity index (χ4n) is 4.10. The summed E-state index contributed by atoms with van der Waals surface area (Å²) < 4.78 is 0. The Morgan fingerprint density at radius 3 is 2.00 bits per heavy atom. The zero-order valence-electron chi connectivity index (χ0n) is 18.7. The molecule has 0 saturated heterocycles. The van der Waals surface area contributed by atoms with Crippen molar-refractivity contribution < 1.29 is 0 Å². The van der Waals surface area contributed by atoms with Crippen molar-refractivity contribution in [1.82, 2.24) is 0 Å². The molecule has 1 aromatic rings. The van der Waals surface area contributed by atoms with Gasteiger partial charge in [0.25, 0.3) is 0 Å². The van der Waals surface area contributed by atoms with Crippen LogP contribution < -0.4 is 5.32 Å². The highest BCUT2D eigenvalue weighted by molar-refractivity contribution is 5.44. The molecule has 1 heteroatoms. The van der Waals surface area contributed by atoms with E-state index in [1.807, 2.05) is 6.07 Å². The summed E-state index contributed by atoms with van der Waals surface area (Å²) in [5.74, 6) is 0.489. The van der Waals surface area contributed by atoms with E-state index in [0.29, 0.717) is 12.0 Å². The fraction of sp³-hybridized carbons (Fsp3) is 0.267. The van der Waals surface area contributed by atoms with Gasteiger partial charge in [0.05, 0.1) is 0 Å². The smallest absolute Gasteiger partial charge is 0.0342 e. The van der Waals surface area contributed by atoms with Gasteiger partial charge in [0.15, 0.2) is 0 Å². The Bertz CT molecular complexity index is 900. The van der Waals surface area contributed by atoms with Gasteiger partial charge in [0.2, 0.25) is 0 Å². The molecule has 31 heavy (non-hydrogen) atoms. The van der Waals surface area contributed by atoms with Gasteiger partial charge in [-0.3, -0.25) is 0 Å². The monoisotopic (exact) mass is 409 g/mol. The van der Waals surface area contributed by atoms with E-state index >= 15 is 0 Å². The van der Waals surface area contributed by atoms with Crippen molar-refractivity contribution in [3.8, 4) is 0 Å². The van der Waals surface area contributed by atoms with Gasteiger partial charge in [-0.15, -0.1) is 0 Å². The molecule has 0 aliphatic heterocycles. The maximum atomic E-state index is 3.89. The maximum absolute atomic E-state index is 3.89. The van der Waals surface area contributed by atoms with Crippen LogP contribution in [0.25, 0.3) is 0 Å². The molecule has 1 N–H and O–H groups in total. The van der Waals surface area contributed by atoms with E-state index < -0.39 is 0 Å². The summed E-state index contributed by atoms with van der Waals surface area (Å²) in [5.41, 5.74) is 3.84. The minimum Gasteiger partial charge on any atom is -0.382 e. The standard InChI is InChI=1S/C30H35N/c1-26-18-12-7-5-6-8-13-19-27(25-24-26)29-22-16-11-17-23-30(29)31-28-20-14-9-3-2-4-10-15-21-28/h2-10,12-15,18-21,24-25,29-31H,11,16-17,22-23H2,1H3/b3-2?,4-2?,6-5-,7-5?,8-6?,9-3?,10-4?,12-7-,13-8-,14-9?,15-10?,18-12?,19-13?,20-14?,21-15?,25-24-,26-18-,26-24?,27-19+,27-25?,28-20?,28-21?. The van der Waals surface area contributed by atoms with Crippen LogP contribution in [0.15, 0.2) is 127 Å². The predicted octanol–water partition coefficient (Wildman–Crippen LogP) is 8.28. The van der Waals surface area contributed by atoms with Crippen LogP contribution in [0, 0.1) is 5.92 Å². The summed E-state index contributed by atoms with van der Waals surface area (Å²) in [7, 11) is 0. The molecule has 1 fully saturated rings. The summed E-state index contributed by atoms with van der Waals surface area (Å²) in [6.07, 6.45) is 28.0. The average Bonchev–Trinajstić information content (AvgIpc) is 3.01. The molecule has 160 valence electrons. The van der Waals surface area contributed by atoms with Crippen LogP contribution in [0.5, 0.6) is 0 Å². The van der Waals surface area contributed by atoms with Crippen LogP contribution in [-0.2, 0) is 0 Å². The van der Waals surface area contributed by atoms with Crippen LogP contribution in [0.2, 0.25) is 0 Å². The van der Waals surface area contributed by atoms with Gasteiger partial charge in [0.1, 0.15) is 0 Å². The Morgan fingerprint density at radius 2 is 1.26 bits per heavy atom. The molecule has 2 aliphatic carbocycles. The predicted molar refractivity (Wildman–Crippen MR) is 136 cm³/mol. The molecular weight excluding hydrogens is 374 g/mol. The molecule has 2 atom stereocenters. The molecule has 1 nitrogen and oxygen atoms in total. The minimum atomic E-state index is 0.422. The van der Waals surface area contributed by atoms with E-state index in [1.165, 1.54) is 48.9 Å². The summed E-state index contributed by atoms with van der Waals surface area (Å²) in [6, 6.07) is 19.3. The van der Waals surface area contributed by atoms with Gasteiger partial charge >= 0.3 is 0 Å². The third-order valence-corrected chi connectivity index (χ3v) is 5.76. The van der Waals surface area contributed by atoms with Crippen molar-refractivity contribution in [3.63, 3.8) is 0 Å². The summed E-state index contributed by atoms with van der Waals surface area (Å²) in [5, 5.41) is 3.89. The summed E-state index contributed by atoms with van der Waals surface area (Å²) in [4.78, 5) is 0. The third-order valence-electron chi connectivity index (χ3n) is 5.76. The average molecular weight is 410 g/mol. The van der Waals surface area contributed by atoms with Crippen molar-refractivity contribution in [2.75, 3.05) is 5.32 Å². The first-order chi connectivity index (χ1) is 15.3. The Kier molecular flexibility index (Phi) is 9.69. The SMILES string of the molecule is CC1=C/C=C\C=C/C=C\C=C(C2CCCCCC2Nc2ccccccccc2)/C=C\1. The molecule has 0 heterocycles. The number of hydrogen-bond donors (Lipinski definition) is 1. The van der Waals surface area contributed by atoms with E-state index in [1.54, 1.807) is 0 Å². The molecule has 2 aliphatic rings. The second kappa shape index (κ2) is 13.3. The summed E-state index contributed by atoms with van der Waals surface area (Å²) >= 11 is 0. The first-order valence-electron chi connectivity index (χ1n) is 11.5. The molecule has 2 unspecified atom stereocenters. The topological polar surface area (TPSA) is 12.0 Å². The van der Waals surface area contributed by atoms with Crippen LogP contribution in [0.1, 0.15) is 39.0 Å². The molecule has 0 aromatic heterocycles. The highest BCUT2D eigenvalue weighted by Gasteiger charge is 2.25. The molecule has 1 saturated carbocycles. The van der Waals surface area contributed by atoms with E-state index in [2.05, 4.69) is 122 Å². The lowest BCUT2D eigenvalue weighted by molar-refractivity contribution is 0.487. The number of nitrogens with one attached hydrogen (secondary N) is 1. The van der Waals surface area contributed by atoms with Gasteiger partial charge in [-0.1, -0.05) is 128 Å². The van der Waals surface area contributed by atoms with E-state index in [-0.39, 0.29) is 0 Å². The lowest BCUT2D eigenvalue weighted by Crippen LogP contribution is -2.29. The van der Waals surface area contributed by atoms with Gasteiger partial charge in [0, 0.05) is 17.6 Å². The van der Waals surface area contributed by atoms with Gasteiger partial charge in [-0.2, -0.15) is 0 Å². The minimum absolute atomic E-state index is 0.422. The number of rotatable bonds is 3. The van der Waals surface area contributed by atoms with Crippen LogP contribution in [-0.4, -0.2) is 6.04 Å². The Hall–Kier alpha value is -3.06. The third kappa shape index (κ3) is 8.30. The number of anilines is 1. The molecule has 0 amide bonds. The van der Waals surface area contributed by atoms with Crippen LogP contribution >= 0.6 is 0 Å².